The average molecular weight is 314 g/mol. The first-order valence-electron chi connectivity index (χ1n) is 7.56. The molecule has 1 atom stereocenters. The third kappa shape index (κ3) is 4.29. The number of aromatic nitrogens is 1. The Balaban J connectivity index is 2.29. The number of ether oxygens (including phenoxy) is 1. The van der Waals surface area contributed by atoms with Crippen LogP contribution in [0.4, 0.5) is 0 Å². The molecule has 0 saturated heterocycles. The molecule has 23 heavy (non-hydrogen) atoms. The third-order valence-corrected chi connectivity index (χ3v) is 3.62. The van der Waals surface area contributed by atoms with Crippen molar-refractivity contribution in [1.29, 1.82) is 0 Å². The minimum Gasteiger partial charge on any atom is -0.496 e. The van der Waals surface area contributed by atoms with E-state index >= 15 is 0 Å². The first-order valence-corrected chi connectivity index (χ1v) is 7.56. The Morgan fingerprint density at radius 2 is 2.13 bits per heavy atom. The highest BCUT2D eigenvalue weighted by molar-refractivity contribution is 5.95. The van der Waals surface area contributed by atoms with E-state index in [-0.39, 0.29) is 5.91 Å². The van der Waals surface area contributed by atoms with Crippen LogP contribution in [-0.4, -0.2) is 47.7 Å². The predicted octanol–water partition coefficient (Wildman–Crippen LogP) is 2.60. The van der Waals surface area contributed by atoms with Gasteiger partial charge in [0.05, 0.1) is 18.9 Å². The van der Waals surface area contributed by atoms with E-state index in [9.17, 15) is 9.90 Å². The van der Waals surface area contributed by atoms with E-state index in [0.29, 0.717) is 24.3 Å². The number of hydrogen-bond acceptors (Lipinski definition) is 4. The largest absolute Gasteiger partial charge is 0.496 e. The fourth-order valence-electron chi connectivity index (χ4n) is 2.27. The van der Waals surface area contributed by atoms with E-state index in [1.165, 1.54) is 0 Å². The monoisotopic (exact) mass is 314 g/mol. The van der Waals surface area contributed by atoms with Crippen molar-refractivity contribution in [3.8, 4) is 17.0 Å². The molecule has 0 aliphatic heterocycles. The zero-order chi connectivity index (χ0) is 16.8. The highest BCUT2D eigenvalue weighted by Crippen LogP contribution is 2.29. The van der Waals surface area contributed by atoms with Gasteiger partial charge in [-0.15, -0.1) is 0 Å². The molecule has 1 aromatic carbocycles. The molecule has 0 aliphatic carbocycles. The Bertz CT molecular complexity index is 657. The average Bonchev–Trinajstić information content (AvgIpc) is 2.59. The smallest absolute Gasteiger partial charge is 0.253 e. The lowest BCUT2D eigenvalue weighted by molar-refractivity contribution is 0.0769. The molecule has 2 aromatic rings. The van der Waals surface area contributed by atoms with Gasteiger partial charge >= 0.3 is 0 Å². The van der Waals surface area contributed by atoms with Gasteiger partial charge in [-0.25, -0.2) is 0 Å². The summed E-state index contributed by atoms with van der Waals surface area (Å²) in [6.45, 7) is 2.21. The summed E-state index contributed by atoms with van der Waals surface area (Å²) in [6.07, 6.45) is 1.83. The normalized spacial score (nSPS) is 11.8. The van der Waals surface area contributed by atoms with Crippen LogP contribution in [0.25, 0.3) is 11.3 Å². The van der Waals surface area contributed by atoms with Gasteiger partial charge < -0.3 is 14.7 Å². The summed E-state index contributed by atoms with van der Waals surface area (Å²) < 4.78 is 5.38. The number of benzene rings is 1. The Morgan fingerprint density at radius 3 is 2.74 bits per heavy atom. The third-order valence-electron chi connectivity index (χ3n) is 3.62. The van der Waals surface area contributed by atoms with Gasteiger partial charge in [0.2, 0.25) is 0 Å². The summed E-state index contributed by atoms with van der Waals surface area (Å²) >= 11 is 0. The van der Waals surface area contributed by atoms with Crippen molar-refractivity contribution in [2.75, 3.05) is 20.7 Å². The molecular formula is C18H22N2O3. The molecule has 122 valence electrons. The molecule has 1 heterocycles. The van der Waals surface area contributed by atoms with Crippen molar-refractivity contribution in [2.24, 2.45) is 0 Å². The molecule has 1 amide bonds. The van der Waals surface area contributed by atoms with Crippen LogP contribution >= 0.6 is 0 Å². The van der Waals surface area contributed by atoms with E-state index in [4.69, 9.17) is 4.74 Å². The van der Waals surface area contributed by atoms with Crippen LogP contribution < -0.4 is 4.74 Å². The van der Waals surface area contributed by atoms with Gasteiger partial charge in [0.1, 0.15) is 5.75 Å². The lowest BCUT2D eigenvalue weighted by Crippen LogP contribution is -2.29. The first kappa shape index (κ1) is 17.0. The van der Waals surface area contributed by atoms with E-state index in [2.05, 4.69) is 4.98 Å². The molecular weight excluding hydrogens is 292 g/mol. The van der Waals surface area contributed by atoms with Gasteiger partial charge in [0, 0.05) is 30.9 Å². The first-order chi connectivity index (χ1) is 11.0. The van der Waals surface area contributed by atoms with Gasteiger partial charge in [0.25, 0.3) is 5.91 Å². The van der Waals surface area contributed by atoms with Crippen molar-refractivity contribution in [3.63, 3.8) is 0 Å². The Labute approximate surface area is 136 Å². The summed E-state index contributed by atoms with van der Waals surface area (Å²) in [5.41, 5.74) is 2.10. The highest BCUT2D eigenvalue weighted by atomic mass is 16.5. The van der Waals surface area contributed by atoms with Crippen molar-refractivity contribution in [1.82, 2.24) is 9.88 Å². The number of amides is 1. The van der Waals surface area contributed by atoms with Gasteiger partial charge in [-0.3, -0.25) is 9.78 Å². The SMILES string of the molecule is COc1ccc(C(=O)N(C)CCC(C)O)cc1-c1ccccn1. The minimum atomic E-state index is -0.426. The second-order valence-corrected chi connectivity index (χ2v) is 5.49. The van der Waals surface area contributed by atoms with Gasteiger partial charge in [-0.05, 0) is 43.7 Å². The van der Waals surface area contributed by atoms with Crippen molar-refractivity contribution in [2.45, 2.75) is 19.4 Å². The fourth-order valence-corrected chi connectivity index (χ4v) is 2.27. The molecule has 1 aromatic heterocycles. The Hall–Kier alpha value is -2.40. The van der Waals surface area contributed by atoms with Crippen LogP contribution in [0.1, 0.15) is 23.7 Å². The number of carbonyl (C=O) groups is 1. The van der Waals surface area contributed by atoms with Crippen LogP contribution in [0.2, 0.25) is 0 Å². The molecule has 1 unspecified atom stereocenters. The van der Waals surface area contributed by atoms with Crippen molar-refractivity contribution < 1.29 is 14.6 Å². The van der Waals surface area contributed by atoms with E-state index in [1.54, 1.807) is 50.4 Å². The predicted molar refractivity (Wildman–Crippen MR) is 89.5 cm³/mol. The molecule has 5 nitrogen and oxygen atoms in total. The summed E-state index contributed by atoms with van der Waals surface area (Å²) in [6, 6.07) is 10.9. The number of methoxy groups -OCH3 is 1. The molecule has 0 radical (unpaired) electrons. The molecule has 0 fully saturated rings. The second-order valence-electron chi connectivity index (χ2n) is 5.49. The fraction of sp³-hybridized carbons (Fsp3) is 0.333. The van der Waals surface area contributed by atoms with Crippen molar-refractivity contribution in [3.05, 3.63) is 48.2 Å². The quantitative estimate of drug-likeness (QED) is 0.890. The zero-order valence-corrected chi connectivity index (χ0v) is 13.7. The minimum absolute atomic E-state index is 0.0921. The maximum Gasteiger partial charge on any atom is 0.253 e. The van der Waals surface area contributed by atoms with Gasteiger partial charge in [0.15, 0.2) is 0 Å². The van der Waals surface area contributed by atoms with Crippen LogP contribution in [0.5, 0.6) is 5.75 Å². The number of hydrogen-bond donors (Lipinski definition) is 1. The van der Waals surface area contributed by atoms with E-state index < -0.39 is 6.10 Å². The number of aliphatic hydroxyl groups excluding tert-OH is 1. The standard InChI is InChI=1S/C18H22N2O3/c1-13(21)9-11-20(2)18(22)14-7-8-17(23-3)15(12-14)16-6-4-5-10-19-16/h4-8,10,12-13,21H,9,11H2,1-3H3. The van der Waals surface area contributed by atoms with Crippen LogP contribution in [0, 0.1) is 0 Å². The van der Waals surface area contributed by atoms with Gasteiger partial charge in [-0.2, -0.15) is 0 Å². The lowest BCUT2D eigenvalue weighted by Gasteiger charge is -2.19. The van der Waals surface area contributed by atoms with Crippen molar-refractivity contribution >= 4 is 5.91 Å². The lowest BCUT2D eigenvalue weighted by atomic mass is 10.0. The number of nitrogens with zero attached hydrogens (tertiary/aromatic N) is 2. The van der Waals surface area contributed by atoms with E-state index in [1.807, 2.05) is 18.2 Å². The molecule has 0 bridgehead atoms. The number of pyridine rings is 1. The zero-order valence-electron chi connectivity index (χ0n) is 13.7. The summed E-state index contributed by atoms with van der Waals surface area (Å²) in [5.74, 6) is 0.581. The van der Waals surface area contributed by atoms with Crippen LogP contribution in [0.3, 0.4) is 0 Å². The number of rotatable bonds is 6. The van der Waals surface area contributed by atoms with E-state index in [0.717, 1.165) is 11.3 Å². The highest BCUT2D eigenvalue weighted by Gasteiger charge is 2.16. The topological polar surface area (TPSA) is 62.7 Å². The molecule has 0 spiro atoms. The van der Waals surface area contributed by atoms with Crippen LogP contribution in [0.15, 0.2) is 42.6 Å². The van der Waals surface area contributed by atoms with Gasteiger partial charge in [-0.1, -0.05) is 6.07 Å². The maximum atomic E-state index is 12.5. The summed E-state index contributed by atoms with van der Waals surface area (Å²) in [7, 11) is 3.33. The summed E-state index contributed by atoms with van der Waals surface area (Å²) in [4.78, 5) is 18.5. The molecule has 0 aliphatic rings. The number of carbonyl (C=O) groups excluding carboxylic acids is 1. The molecule has 5 heteroatoms. The second kappa shape index (κ2) is 7.74. The molecule has 0 saturated carbocycles. The summed E-state index contributed by atoms with van der Waals surface area (Å²) in [5, 5.41) is 9.35. The van der Waals surface area contributed by atoms with Crippen LogP contribution in [-0.2, 0) is 0 Å². The number of aliphatic hydroxyl groups is 1. The molecule has 2 rings (SSSR count). The Kier molecular flexibility index (Phi) is 5.71. The Morgan fingerprint density at radius 1 is 1.35 bits per heavy atom. The molecule has 1 N–H and O–H groups in total. The maximum absolute atomic E-state index is 12.5.